The van der Waals surface area contributed by atoms with E-state index in [2.05, 4.69) is 10.3 Å². The molecule has 2 amide bonds. The highest BCUT2D eigenvalue weighted by Gasteiger charge is 2.35. The summed E-state index contributed by atoms with van der Waals surface area (Å²) >= 11 is 0. The van der Waals surface area contributed by atoms with Crippen LogP contribution in [0.15, 0.2) is 72.9 Å². The van der Waals surface area contributed by atoms with Gasteiger partial charge in [0.2, 0.25) is 5.91 Å². The van der Waals surface area contributed by atoms with Crippen LogP contribution in [0.5, 0.6) is 11.5 Å². The van der Waals surface area contributed by atoms with E-state index < -0.39 is 6.04 Å². The van der Waals surface area contributed by atoms with Crippen molar-refractivity contribution < 1.29 is 19.1 Å². The van der Waals surface area contributed by atoms with Gasteiger partial charge in [0.25, 0.3) is 5.91 Å². The fourth-order valence-corrected chi connectivity index (χ4v) is 4.60. The normalized spacial score (nSPS) is 14.5. The lowest BCUT2D eigenvalue weighted by atomic mass is 9.94. The Morgan fingerprint density at radius 1 is 0.972 bits per heavy atom. The van der Waals surface area contributed by atoms with Crippen LogP contribution in [0.2, 0.25) is 0 Å². The van der Waals surface area contributed by atoms with Gasteiger partial charge >= 0.3 is 0 Å². The number of rotatable bonds is 9. The van der Waals surface area contributed by atoms with Crippen molar-refractivity contribution >= 4 is 17.5 Å². The van der Waals surface area contributed by atoms with Crippen LogP contribution in [0, 0.1) is 0 Å². The lowest BCUT2D eigenvalue weighted by Crippen LogP contribution is -2.47. The van der Waals surface area contributed by atoms with Gasteiger partial charge in [0.1, 0.15) is 23.2 Å². The number of hydrogen-bond acceptors (Lipinski definition) is 5. The number of pyridine rings is 1. The van der Waals surface area contributed by atoms with Gasteiger partial charge in [-0.2, -0.15) is 0 Å². The summed E-state index contributed by atoms with van der Waals surface area (Å²) in [5.74, 6) is 0.789. The number of carbonyl (C=O) groups is 2. The van der Waals surface area contributed by atoms with Crippen molar-refractivity contribution in [3.05, 3.63) is 84.2 Å². The lowest BCUT2D eigenvalue weighted by molar-refractivity contribution is -0.123. The molecule has 1 saturated carbocycles. The first kappa shape index (κ1) is 25.2. The smallest absolute Gasteiger partial charge is 0.277 e. The van der Waals surface area contributed by atoms with Crippen LogP contribution in [0.4, 0.5) is 5.69 Å². The number of nitrogens with one attached hydrogen (secondary N) is 1. The first-order valence-electron chi connectivity index (χ1n) is 12.5. The number of anilines is 1. The number of ether oxygens (including phenoxy) is 2. The molecule has 2 aromatic carbocycles. The zero-order valence-electron chi connectivity index (χ0n) is 20.9. The molecule has 0 aliphatic heterocycles. The molecule has 1 aromatic heterocycles. The van der Waals surface area contributed by atoms with Gasteiger partial charge < -0.3 is 14.8 Å². The largest absolute Gasteiger partial charge is 0.497 e. The number of methoxy groups -OCH3 is 1. The highest BCUT2D eigenvalue weighted by Crippen LogP contribution is 2.32. The summed E-state index contributed by atoms with van der Waals surface area (Å²) < 4.78 is 10.9. The Morgan fingerprint density at radius 3 is 2.28 bits per heavy atom. The van der Waals surface area contributed by atoms with Gasteiger partial charge in [-0.3, -0.25) is 19.5 Å². The molecule has 0 unspecified atom stereocenters. The summed E-state index contributed by atoms with van der Waals surface area (Å²) in [7, 11) is 1.59. The Morgan fingerprint density at radius 2 is 1.67 bits per heavy atom. The number of carbonyl (C=O) groups excluding carboxylic acids is 2. The molecule has 0 saturated heterocycles. The Kier molecular flexibility index (Phi) is 8.55. The molecule has 1 aliphatic carbocycles. The quantitative estimate of drug-likeness (QED) is 0.442. The molecule has 1 aliphatic rings. The van der Waals surface area contributed by atoms with E-state index in [1.165, 1.54) is 11.3 Å². The van der Waals surface area contributed by atoms with E-state index in [0.29, 0.717) is 29.4 Å². The second-order valence-electron chi connectivity index (χ2n) is 8.84. The van der Waals surface area contributed by atoms with E-state index >= 15 is 0 Å². The lowest BCUT2D eigenvalue weighted by Gasteiger charge is -2.33. The summed E-state index contributed by atoms with van der Waals surface area (Å²) in [5, 5.41) is 3.23. The van der Waals surface area contributed by atoms with Crippen molar-refractivity contribution in [1.29, 1.82) is 0 Å². The molecule has 1 fully saturated rings. The summed E-state index contributed by atoms with van der Waals surface area (Å²) in [6.07, 6.45) is 6.83. The molecule has 3 aromatic rings. The number of nitrogens with zero attached hydrogens (tertiary/aromatic N) is 2. The van der Waals surface area contributed by atoms with E-state index in [0.717, 1.165) is 25.7 Å². The van der Waals surface area contributed by atoms with Crippen molar-refractivity contribution in [3.8, 4) is 11.5 Å². The third-order valence-electron chi connectivity index (χ3n) is 6.42. The molecule has 188 valence electrons. The molecule has 7 nitrogen and oxygen atoms in total. The van der Waals surface area contributed by atoms with Crippen molar-refractivity contribution in [3.63, 3.8) is 0 Å². The minimum absolute atomic E-state index is 0.0964. The molecule has 4 rings (SSSR count). The van der Waals surface area contributed by atoms with E-state index in [-0.39, 0.29) is 23.6 Å². The summed E-state index contributed by atoms with van der Waals surface area (Å²) in [6, 6.07) is 18.9. The number of hydrogen-bond donors (Lipinski definition) is 1. The second kappa shape index (κ2) is 12.2. The van der Waals surface area contributed by atoms with Crippen LogP contribution in [0.25, 0.3) is 0 Å². The monoisotopic (exact) mass is 487 g/mol. The SMILES string of the molecule is CCOc1ccc([C@@H](C(=O)NC2CCCCC2)N(C(=O)c2ccccn2)c2ccc(OC)cc2)cc1. The number of benzene rings is 2. The van der Waals surface area contributed by atoms with Crippen molar-refractivity contribution in [2.45, 2.75) is 51.1 Å². The van der Waals surface area contributed by atoms with E-state index in [4.69, 9.17) is 9.47 Å². The minimum Gasteiger partial charge on any atom is -0.497 e. The molecule has 1 N–H and O–H groups in total. The Bertz CT molecular complexity index is 1130. The highest BCUT2D eigenvalue weighted by molar-refractivity contribution is 6.09. The molecular formula is C29H33N3O4. The van der Waals surface area contributed by atoms with Crippen LogP contribution >= 0.6 is 0 Å². The van der Waals surface area contributed by atoms with Crippen LogP contribution in [-0.2, 0) is 4.79 Å². The molecule has 36 heavy (non-hydrogen) atoms. The van der Waals surface area contributed by atoms with Crippen molar-refractivity contribution in [2.75, 3.05) is 18.6 Å². The molecule has 0 radical (unpaired) electrons. The molecule has 0 spiro atoms. The summed E-state index contributed by atoms with van der Waals surface area (Å²) in [5.41, 5.74) is 1.52. The molecular weight excluding hydrogens is 454 g/mol. The van der Waals surface area contributed by atoms with Gasteiger partial charge in [-0.25, -0.2) is 0 Å². The maximum Gasteiger partial charge on any atom is 0.277 e. The fraction of sp³-hybridized carbons (Fsp3) is 0.345. The first-order chi connectivity index (χ1) is 17.6. The Hall–Kier alpha value is -3.87. The van der Waals surface area contributed by atoms with Gasteiger partial charge in [-0.15, -0.1) is 0 Å². The highest BCUT2D eigenvalue weighted by atomic mass is 16.5. The number of aromatic nitrogens is 1. The van der Waals surface area contributed by atoms with Gasteiger partial charge in [-0.05, 0) is 73.9 Å². The molecule has 7 heteroatoms. The second-order valence-corrected chi connectivity index (χ2v) is 8.84. The fourth-order valence-electron chi connectivity index (χ4n) is 4.60. The van der Waals surface area contributed by atoms with E-state index in [1.54, 1.807) is 55.8 Å². The van der Waals surface area contributed by atoms with Crippen LogP contribution in [-0.4, -0.2) is 36.6 Å². The topological polar surface area (TPSA) is 80.8 Å². The first-order valence-corrected chi connectivity index (χ1v) is 12.5. The number of amides is 2. The van der Waals surface area contributed by atoms with Gasteiger partial charge in [0, 0.05) is 17.9 Å². The zero-order valence-corrected chi connectivity index (χ0v) is 20.9. The van der Waals surface area contributed by atoms with Crippen LogP contribution < -0.4 is 19.7 Å². The predicted molar refractivity (Wildman–Crippen MR) is 139 cm³/mol. The molecule has 0 bridgehead atoms. The maximum atomic E-state index is 13.9. The van der Waals surface area contributed by atoms with Gasteiger partial charge in [-0.1, -0.05) is 37.5 Å². The maximum absolute atomic E-state index is 13.9. The third kappa shape index (κ3) is 6.03. The summed E-state index contributed by atoms with van der Waals surface area (Å²) in [6.45, 7) is 2.46. The molecule has 1 heterocycles. The zero-order chi connectivity index (χ0) is 25.3. The van der Waals surface area contributed by atoms with Crippen molar-refractivity contribution in [2.24, 2.45) is 0 Å². The average molecular weight is 488 g/mol. The van der Waals surface area contributed by atoms with E-state index in [1.807, 2.05) is 31.2 Å². The van der Waals surface area contributed by atoms with Crippen molar-refractivity contribution in [1.82, 2.24) is 10.3 Å². The Balaban J connectivity index is 1.78. The summed E-state index contributed by atoms with van der Waals surface area (Å²) in [4.78, 5) is 33.6. The Labute approximate surface area is 212 Å². The van der Waals surface area contributed by atoms with E-state index in [9.17, 15) is 9.59 Å². The van der Waals surface area contributed by atoms with Crippen LogP contribution in [0.1, 0.15) is 61.1 Å². The van der Waals surface area contributed by atoms with Gasteiger partial charge in [0.05, 0.1) is 13.7 Å². The van der Waals surface area contributed by atoms with Gasteiger partial charge in [0.15, 0.2) is 0 Å². The minimum atomic E-state index is -0.898. The molecule has 1 atom stereocenters. The standard InChI is InChI=1S/C29H33N3O4/c1-3-36-25-16-12-21(13-17-25)27(28(33)31-22-9-5-4-6-10-22)32(23-14-18-24(35-2)19-15-23)29(34)26-11-7-8-20-30-26/h7-8,11-20,22,27H,3-6,9-10H2,1-2H3,(H,31,33)/t27-/m0/s1. The predicted octanol–water partition coefficient (Wildman–Crippen LogP) is 5.33. The van der Waals surface area contributed by atoms with Crippen LogP contribution in [0.3, 0.4) is 0 Å². The third-order valence-corrected chi connectivity index (χ3v) is 6.42. The average Bonchev–Trinajstić information content (AvgIpc) is 2.93.